The molecule has 0 aliphatic heterocycles. The van der Waals surface area contributed by atoms with Crippen molar-refractivity contribution in [2.45, 2.75) is 6.54 Å². The molecule has 3 aromatic heterocycles. The number of methoxy groups -OCH3 is 1. The van der Waals surface area contributed by atoms with Crippen LogP contribution in [-0.4, -0.2) is 37.2 Å². The molecule has 3 rings (SSSR count). The second-order valence-corrected chi connectivity index (χ2v) is 5.07. The number of ether oxygens (including phenoxy) is 1. The Bertz CT molecular complexity index is 826. The van der Waals surface area contributed by atoms with Crippen LogP contribution in [0.3, 0.4) is 0 Å². The Morgan fingerprint density at radius 1 is 1.38 bits per heavy atom. The zero-order valence-electron chi connectivity index (χ0n) is 10.8. The first-order valence-electron chi connectivity index (χ1n) is 5.87. The van der Waals surface area contributed by atoms with Crippen molar-refractivity contribution in [2.24, 2.45) is 0 Å². The van der Waals surface area contributed by atoms with Gasteiger partial charge in [-0.25, -0.2) is 19.4 Å². The summed E-state index contributed by atoms with van der Waals surface area (Å²) in [6.07, 6.45) is 4.93. The molecule has 0 saturated carbocycles. The molecule has 21 heavy (non-hydrogen) atoms. The van der Waals surface area contributed by atoms with E-state index in [1.165, 1.54) is 18.1 Å². The van der Waals surface area contributed by atoms with Crippen LogP contribution >= 0.6 is 23.2 Å². The normalized spacial score (nSPS) is 11.0. The van der Waals surface area contributed by atoms with E-state index in [4.69, 9.17) is 23.2 Å². The first-order valence-corrected chi connectivity index (χ1v) is 6.63. The predicted octanol–water partition coefficient (Wildman–Crippen LogP) is 2.07. The Kier molecular flexibility index (Phi) is 3.52. The highest BCUT2D eigenvalue weighted by molar-refractivity contribution is 6.36. The number of nitrogens with zero attached hydrogens (tertiary/aromatic N) is 5. The van der Waals surface area contributed by atoms with Gasteiger partial charge in [0.25, 0.3) is 5.82 Å². The van der Waals surface area contributed by atoms with E-state index < -0.39 is 5.97 Å². The van der Waals surface area contributed by atoms with Crippen molar-refractivity contribution in [2.75, 3.05) is 7.11 Å². The third-order valence-electron chi connectivity index (χ3n) is 2.75. The van der Waals surface area contributed by atoms with Crippen molar-refractivity contribution in [1.82, 2.24) is 24.1 Å². The molecular weight excluding hydrogens is 317 g/mol. The van der Waals surface area contributed by atoms with Gasteiger partial charge in [-0.05, 0) is 6.07 Å². The van der Waals surface area contributed by atoms with Crippen molar-refractivity contribution < 1.29 is 9.53 Å². The average Bonchev–Trinajstić information content (AvgIpc) is 3.05. The molecule has 0 unspecified atom stereocenters. The first-order chi connectivity index (χ1) is 10.1. The minimum Gasteiger partial charge on any atom is -0.463 e. The fourth-order valence-electron chi connectivity index (χ4n) is 1.87. The van der Waals surface area contributed by atoms with Gasteiger partial charge in [0.15, 0.2) is 5.65 Å². The van der Waals surface area contributed by atoms with Gasteiger partial charge in [-0.3, -0.25) is 0 Å². The van der Waals surface area contributed by atoms with Crippen molar-refractivity contribution >= 4 is 34.8 Å². The smallest absolute Gasteiger partial charge is 0.377 e. The molecule has 7 nitrogen and oxygen atoms in total. The van der Waals surface area contributed by atoms with E-state index in [1.807, 2.05) is 0 Å². The summed E-state index contributed by atoms with van der Waals surface area (Å²) in [6, 6.07) is 1.63. The standard InChI is InChI=1S/C12H9Cl2N5O2/c1-21-12(20)10-15-6-19(17-10)5-8-4-18-3-7(13)2-9(14)11(18)16-8/h2-4,6H,5H2,1H3. The molecule has 108 valence electrons. The van der Waals surface area contributed by atoms with E-state index in [9.17, 15) is 4.79 Å². The van der Waals surface area contributed by atoms with Crippen LogP contribution in [0.25, 0.3) is 5.65 Å². The minimum absolute atomic E-state index is 0.00217. The largest absolute Gasteiger partial charge is 0.463 e. The molecule has 0 fully saturated rings. The van der Waals surface area contributed by atoms with Crippen LogP contribution in [0, 0.1) is 0 Å². The Labute approximate surface area is 129 Å². The molecule has 0 atom stereocenters. The predicted molar refractivity (Wildman–Crippen MR) is 75.7 cm³/mol. The van der Waals surface area contributed by atoms with Gasteiger partial charge in [0.05, 0.1) is 29.4 Å². The van der Waals surface area contributed by atoms with Crippen molar-refractivity contribution in [1.29, 1.82) is 0 Å². The molecule has 3 heterocycles. The van der Waals surface area contributed by atoms with Crippen molar-refractivity contribution in [3.05, 3.63) is 46.4 Å². The number of carbonyl (C=O) groups excluding carboxylic acids is 1. The number of hydrogen-bond acceptors (Lipinski definition) is 5. The Hall–Kier alpha value is -2.12. The lowest BCUT2D eigenvalue weighted by molar-refractivity contribution is 0.0586. The van der Waals surface area contributed by atoms with Crippen LogP contribution in [0.1, 0.15) is 16.3 Å². The van der Waals surface area contributed by atoms with Gasteiger partial charge in [0.1, 0.15) is 6.33 Å². The van der Waals surface area contributed by atoms with Gasteiger partial charge >= 0.3 is 5.97 Å². The van der Waals surface area contributed by atoms with Gasteiger partial charge in [0.2, 0.25) is 0 Å². The van der Waals surface area contributed by atoms with E-state index in [2.05, 4.69) is 19.8 Å². The molecule has 0 N–H and O–H groups in total. The number of pyridine rings is 1. The maximum absolute atomic E-state index is 11.3. The van der Waals surface area contributed by atoms with Crippen LogP contribution in [0.2, 0.25) is 10.0 Å². The molecule has 0 radical (unpaired) electrons. The lowest BCUT2D eigenvalue weighted by Gasteiger charge is -1.95. The van der Waals surface area contributed by atoms with Crippen LogP contribution in [0.15, 0.2) is 24.8 Å². The number of aromatic nitrogens is 5. The van der Waals surface area contributed by atoms with E-state index in [-0.39, 0.29) is 5.82 Å². The maximum atomic E-state index is 11.3. The minimum atomic E-state index is -0.585. The molecule has 0 aromatic carbocycles. The third-order valence-corrected chi connectivity index (χ3v) is 3.24. The van der Waals surface area contributed by atoms with E-state index in [0.29, 0.717) is 27.9 Å². The number of imidazole rings is 1. The lowest BCUT2D eigenvalue weighted by Crippen LogP contribution is -2.06. The van der Waals surface area contributed by atoms with Crippen LogP contribution in [0.4, 0.5) is 0 Å². The van der Waals surface area contributed by atoms with E-state index in [1.54, 1.807) is 22.9 Å². The quantitative estimate of drug-likeness (QED) is 0.689. The highest BCUT2D eigenvalue weighted by Crippen LogP contribution is 2.21. The van der Waals surface area contributed by atoms with Crippen molar-refractivity contribution in [3.8, 4) is 0 Å². The average molecular weight is 326 g/mol. The monoisotopic (exact) mass is 325 g/mol. The maximum Gasteiger partial charge on any atom is 0.377 e. The summed E-state index contributed by atoms with van der Waals surface area (Å²) < 4.78 is 7.77. The number of hydrogen-bond donors (Lipinski definition) is 0. The molecular formula is C12H9Cl2N5O2. The van der Waals surface area contributed by atoms with E-state index >= 15 is 0 Å². The molecule has 0 aliphatic rings. The number of rotatable bonds is 3. The molecule has 0 aliphatic carbocycles. The molecule has 9 heteroatoms. The number of fused-ring (bicyclic) bond motifs is 1. The third kappa shape index (κ3) is 2.70. The summed E-state index contributed by atoms with van der Waals surface area (Å²) in [4.78, 5) is 19.5. The number of halogens is 2. The fourth-order valence-corrected chi connectivity index (χ4v) is 2.40. The molecule has 0 saturated heterocycles. The van der Waals surface area contributed by atoms with E-state index in [0.717, 1.165) is 0 Å². The number of carbonyl (C=O) groups is 1. The Balaban J connectivity index is 1.89. The molecule has 3 aromatic rings. The van der Waals surface area contributed by atoms with Gasteiger partial charge in [-0.1, -0.05) is 23.2 Å². The Morgan fingerprint density at radius 2 is 2.19 bits per heavy atom. The summed E-state index contributed by atoms with van der Waals surface area (Å²) in [6.45, 7) is 0.347. The zero-order chi connectivity index (χ0) is 15.0. The SMILES string of the molecule is COC(=O)c1ncn(Cc2cn3cc(Cl)cc(Cl)c3n2)n1. The highest BCUT2D eigenvalue weighted by Gasteiger charge is 2.12. The van der Waals surface area contributed by atoms with Crippen LogP contribution < -0.4 is 0 Å². The van der Waals surface area contributed by atoms with Crippen LogP contribution in [0.5, 0.6) is 0 Å². The summed E-state index contributed by atoms with van der Waals surface area (Å²) in [7, 11) is 1.27. The molecule has 0 bridgehead atoms. The highest BCUT2D eigenvalue weighted by atomic mass is 35.5. The second-order valence-electron chi connectivity index (χ2n) is 4.23. The Morgan fingerprint density at radius 3 is 2.95 bits per heavy atom. The summed E-state index contributed by atoms with van der Waals surface area (Å²) in [5.74, 6) is -0.582. The lowest BCUT2D eigenvalue weighted by atomic mass is 10.5. The van der Waals surface area contributed by atoms with Crippen molar-refractivity contribution in [3.63, 3.8) is 0 Å². The van der Waals surface area contributed by atoms with Gasteiger partial charge in [-0.15, -0.1) is 5.10 Å². The summed E-state index contributed by atoms with van der Waals surface area (Å²) in [5.41, 5.74) is 1.31. The number of esters is 1. The van der Waals surface area contributed by atoms with Gasteiger partial charge in [0, 0.05) is 12.4 Å². The molecule has 0 amide bonds. The zero-order valence-corrected chi connectivity index (χ0v) is 12.3. The second kappa shape index (κ2) is 5.34. The molecule has 0 spiro atoms. The van der Waals surface area contributed by atoms with Gasteiger partial charge < -0.3 is 9.14 Å². The topological polar surface area (TPSA) is 74.3 Å². The van der Waals surface area contributed by atoms with Crippen LogP contribution in [-0.2, 0) is 11.3 Å². The first kappa shape index (κ1) is 13.8. The summed E-state index contributed by atoms with van der Waals surface area (Å²) >= 11 is 12.0. The fraction of sp³-hybridized carbons (Fsp3) is 0.167. The van der Waals surface area contributed by atoms with Gasteiger partial charge in [-0.2, -0.15) is 0 Å². The summed E-state index contributed by atoms with van der Waals surface area (Å²) in [5, 5.41) is 4.99.